The molecule has 0 aromatic carbocycles. The van der Waals surface area contributed by atoms with Gasteiger partial charge in [-0.25, -0.2) is 0 Å². The fraction of sp³-hybridized carbons (Fsp3) is 0.954. The first kappa shape index (κ1) is 69.4. The van der Waals surface area contributed by atoms with E-state index in [2.05, 4.69) is 34.6 Å². The molecule has 71 heavy (non-hydrogen) atoms. The van der Waals surface area contributed by atoms with Crippen LogP contribution in [0.25, 0.3) is 0 Å². The molecule has 1 unspecified atom stereocenters. The Hall–Kier alpha value is -1.59. The third kappa shape index (κ3) is 57.5. The molecule has 2 atom stereocenters. The fourth-order valence-corrected chi connectivity index (χ4v) is 10.1. The summed E-state index contributed by atoms with van der Waals surface area (Å²) in [4.78, 5) is 38.3. The second-order valence-electron chi connectivity index (χ2n) is 23.1. The van der Waals surface area contributed by atoms with Gasteiger partial charge < -0.3 is 14.2 Å². The molecule has 0 aliphatic rings. The molecule has 0 spiro atoms. The van der Waals surface area contributed by atoms with Gasteiger partial charge in [0, 0.05) is 19.3 Å². The molecule has 6 heteroatoms. The highest BCUT2D eigenvalue weighted by molar-refractivity contribution is 5.71. The van der Waals surface area contributed by atoms with Crippen LogP contribution in [0.4, 0.5) is 0 Å². The lowest BCUT2D eigenvalue weighted by atomic mass is 9.99. The van der Waals surface area contributed by atoms with Crippen molar-refractivity contribution in [1.29, 1.82) is 0 Å². The number of ether oxygens (including phenoxy) is 3. The third-order valence-corrected chi connectivity index (χ3v) is 15.3. The molecule has 0 aliphatic heterocycles. The van der Waals surface area contributed by atoms with Gasteiger partial charge in [0.2, 0.25) is 0 Å². The zero-order valence-corrected chi connectivity index (χ0v) is 48.9. The molecule has 0 aliphatic carbocycles. The van der Waals surface area contributed by atoms with Crippen LogP contribution in [0, 0.1) is 11.8 Å². The molecule has 6 nitrogen and oxygen atoms in total. The summed E-state index contributed by atoms with van der Waals surface area (Å²) in [6.45, 7) is 11.5. The van der Waals surface area contributed by atoms with Crippen LogP contribution in [0.1, 0.15) is 369 Å². The van der Waals surface area contributed by atoms with Gasteiger partial charge in [0.15, 0.2) is 6.10 Å². The average molecular weight is 1000 g/mol. The third-order valence-electron chi connectivity index (χ3n) is 15.3. The van der Waals surface area contributed by atoms with E-state index in [0.29, 0.717) is 19.3 Å². The average Bonchev–Trinajstić information content (AvgIpc) is 3.36. The summed E-state index contributed by atoms with van der Waals surface area (Å²) in [7, 11) is 0. The predicted molar refractivity (Wildman–Crippen MR) is 307 cm³/mol. The number of rotatable bonds is 59. The van der Waals surface area contributed by atoms with E-state index in [1.165, 1.54) is 257 Å². The first-order chi connectivity index (χ1) is 34.8. The maximum absolute atomic E-state index is 12.9. The van der Waals surface area contributed by atoms with Crippen LogP contribution >= 0.6 is 0 Å². The van der Waals surface area contributed by atoms with Gasteiger partial charge in [-0.15, -0.1) is 0 Å². The number of carbonyl (C=O) groups excluding carboxylic acids is 3. The summed E-state index contributed by atoms with van der Waals surface area (Å²) in [5.41, 5.74) is 0. The van der Waals surface area contributed by atoms with E-state index in [1.807, 2.05) is 0 Å². The normalized spacial score (nSPS) is 12.4. The summed E-state index contributed by atoms with van der Waals surface area (Å²) in [6.07, 6.45) is 63.8. The van der Waals surface area contributed by atoms with Crippen molar-refractivity contribution >= 4 is 17.9 Å². The molecule has 0 fully saturated rings. The molecule has 0 saturated carbocycles. The zero-order chi connectivity index (χ0) is 51.8. The topological polar surface area (TPSA) is 78.9 Å². The maximum atomic E-state index is 12.9. The van der Waals surface area contributed by atoms with Crippen molar-refractivity contribution in [2.45, 2.75) is 375 Å². The first-order valence-electron chi connectivity index (χ1n) is 32.3. The molecular formula is C65H126O6. The van der Waals surface area contributed by atoms with Gasteiger partial charge in [-0.3, -0.25) is 14.4 Å². The summed E-state index contributed by atoms with van der Waals surface area (Å²) in [5, 5.41) is 0. The molecular weight excluding hydrogens is 877 g/mol. The maximum Gasteiger partial charge on any atom is 0.306 e. The largest absolute Gasteiger partial charge is 0.462 e. The van der Waals surface area contributed by atoms with Gasteiger partial charge in [0.05, 0.1) is 0 Å². The molecule has 0 aromatic heterocycles. The van der Waals surface area contributed by atoms with Crippen molar-refractivity contribution in [3.05, 3.63) is 0 Å². The van der Waals surface area contributed by atoms with Gasteiger partial charge in [-0.2, -0.15) is 0 Å². The number of hydrogen-bond acceptors (Lipinski definition) is 6. The van der Waals surface area contributed by atoms with Crippen LogP contribution in [0.15, 0.2) is 0 Å². The Bertz CT molecular complexity index is 1090. The van der Waals surface area contributed by atoms with E-state index in [1.54, 1.807) is 0 Å². The van der Waals surface area contributed by atoms with E-state index >= 15 is 0 Å². The van der Waals surface area contributed by atoms with Crippen molar-refractivity contribution in [2.24, 2.45) is 11.8 Å². The molecule has 0 saturated heterocycles. The van der Waals surface area contributed by atoms with Gasteiger partial charge in [-0.05, 0) is 31.1 Å². The Balaban J connectivity index is 4.25. The summed E-state index contributed by atoms with van der Waals surface area (Å²) in [5.74, 6) is 0.919. The SMILES string of the molecule is CCCCCCCCCCCCCCCCCC(=O)O[C@H](COC(=O)CCCCCCCCCCCCCCCCCCCCC(C)CC)COC(=O)CCCCCCCCCCCCCCCC(C)C. The van der Waals surface area contributed by atoms with E-state index in [4.69, 9.17) is 14.2 Å². The molecule has 0 amide bonds. The van der Waals surface area contributed by atoms with Crippen LogP contribution in [0.2, 0.25) is 0 Å². The summed E-state index contributed by atoms with van der Waals surface area (Å²) >= 11 is 0. The monoisotopic (exact) mass is 1000 g/mol. The highest BCUT2D eigenvalue weighted by Gasteiger charge is 2.19. The van der Waals surface area contributed by atoms with Crippen LogP contribution in [-0.2, 0) is 28.6 Å². The van der Waals surface area contributed by atoms with E-state index in [9.17, 15) is 14.4 Å². The Morgan fingerprint density at radius 3 is 0.803 bits per heavy atom. The summed E-state index contributed by atoms with van der Waals surface area (Å²) in [6, 6.07) is 0. The second kappa shape index (κ2) is 57.7. The fourth-order valence-electron chi connectivity index (χ4n) is 10.1. The van der Waals surface area contributed by atoms with Crippen LogP contribution in [0.5, 0.6) is 0 Å². The lowest BCUT2D eigenvalue weighted by Gasteiger charge is -2.18. The standard InChI is InChI=1S/C65H126O6/c1-6-8-9-10-11-12-13-14-19-26-32-37-42-47-52-57-65(68)71-62(59-70-64(67)56-51-46-41-36-31-27-22-23-28-33-38-43-48-53-60(3)4)58-69-63(66)55-50-45-40-35-30-25-21-18-16-15-17-20-24-29-34-39-44-49-54-61(5)7-2/h60-62H,6-59H2,1-5H3/t61?,62-/m1/s1. The second-order valence-corrected chi connectivity index (χ2v) is 23.1. The Labute approximate surface area is 444 Å². The lowest BCUT2D eigenvalue weighted by Crippen LogP contribution is -2.30. The minimum Gasteiger partial charge on any atom is -0.462 e. The quantitative estimate of drug-likeness (QED) is 0.0343. The Kier molecular flexibility index (Phi) is 56.4. The van der Waals surface area contributed by atoms with Crippen molar-refractivity contribution in [1.82, 2.24) is 0 Å². The molecule has 0 rings (SSSR count). The predicted octanol–water partition coefficient (Wildman–Crippen LogP) is 21.6. The molecule has 422 valence electrons. The van der Waals surface area contributed by atoms with Crippen molar-refractivity contribution in [3.8, 4) is 0 Å². The van der Waals surface area contributed by atoms with Crippen molar-refractivity contribution < 1.29 is 28.6 Å². The number of unbranched alkanes of at least 4 members (excludes halogenated alkanes) is 43. The van der Waals surface area contributed by atoms with Gasteiger partial charge in [0.25, 0.3) is 0 Å². The highest BCUT2D eigenvalue weighted by Crippen LogP contribution is 2.19. The van der Waals surface area contributed by atoms with E-state index in [-0.39, 0.29) is 31.1 Å². The van der Waals surface area contributed by atoms with Crippen LogP contribution in [-0.4, -0.2) is 37.2 Å². The number of carbonyl (C=O) groups is 3. The molecule has 0 aromatic rings. The smallest absolute Gasteiger partial charge is 0.306 e. The minimum absolute atomic E-state index is 0.0618. The van der Waals surface area contributed by atoms with E-state index < -0.39 is 6.10 Å². The highest BCUT2D eigenvalue weighted by atomic mass is 16.6. The summed E-state index contributed by atoms with van der Waals surface area (Å²) < 4.78 is 17.0. The lowest BCUT2D eigenvalue weighted by molar-refractivity contribution is -0.167. The first-order valence-corrected chi connectivity index (χ1v) is 32.3. The minimum atomic E-state index is -0.763. The molecule has 0 bridgehead atoms. The molecule has 0 N–H and O–H groups in total. The van der Waals surface area contributed by atoms with E-state index in [0.717, 1.165) is 69.6 Å². The molecule has 0 heterocycles. The van der Waals surface area contributed by atoms with Gasteiger partial charge >= 0.3 is 17.9 Å². The van der Waals surface area contributed by atoms with Crippen LogP contribution < -0.4 is 0 Å². The number of hydrogen-bond donors (Lipinski definition) is 0. The Morgan fingerprint density at radius 2 is 0.535 bits per heavy atom. The van der Waals surface area contributed by atoms with Crippen molar-refractivity contribution in [2.75, 3.05) is 13.2 Å². The zero-order valence-electron chi connectivity index (χ0n) is 48.9. The number of esters is 3. The molecule has 0 radical (unpaired) electrons. The van der Waals surface area contributed by atoms with Gasteiger partial charge in [-0.1, -0.05) is 330 Å². The Morgan fingerprint density at radius 1 is 0.296 bits per heavy atom. The van der Waals surface area contributed by atoms with Crippen molar-refractivity contribution in [3.63, 3.8) is 0 Å². The van der Waals surface area contributed by atoms with Crippen LogP contribution in [0.3, 0.4) is 0 Å². The van der Waals surface area contributed by atoms with Gasteiger partial charge in [0.1, 0.15) is 13.2 Å².